The maximum absolute atomic E-state index is 12.0. The van der Waals surface area contributed by atoms with Gasteiger partial charge in [0.15, 0.2) is 15.0 Å². The third kappa shape index (κ3) is 4.17. The molecule has 0 spiro atoms. The van der Waals surface area contributed by atoms with E-state index in [4.69, 9.17) is 4.74 Å². The number of hydrogen-bond acceptors (Lipinski definition) is 5. The molecule has 136 valence electrons. The second-order valence-corrected chi connectivity index (χ2v) is 9.67. The van der Waals surface area contributed by atoms with Crippen LogP contribution in [0.1, 0.15) is 25.3 Å². The fourth-order valence-corrected chi connectivity index (χ4v) is 7.09. The molecule has 0 saturated carbocycles. The van der Waals surface area contributed by atoms with Crippen LogP contribution < -0.4 is 4.74 Å². The van der Waals surface area contributed by atoms with Crippen molar-refractivity contribution in [2.75, 3.05) is 18.6 Å². The molecule has 1 aromatic carbocycles. The van der Waals surface area contributed by atoms with Gasteiger partial charge in [-0.15, -0.1) is 0 Å². The topological polar surface area (TPSA) is 76.0 Å². The van der Waals surface area contributed by atoms with Gasteiger partial charge in [-0.2, -0.15) is 4.99 Å². The molecule has 1 amide bonds. The summed E-state index contributed by atoms with van der Waals surface area (Å²) in [5, 5.41) is 0.607. The maximum Gasteiger partial charge on any atom is 0.248 e. The lowest BCUT2D eigenvalue weighted by Gasteiger charge is -2.24. The minimum absolute atomic E-state index is 0.0450. The predicted molar refractivity (Wildman–Crippen MR) is 99.7 cm³/mol. The van der Waals surface area contributed by atoms with E-state index in [-0.39, 0.29) is 28.7 Å². The van der Waals surface area contributed by atoms with Gasteiger partial charge in [0, 0.05) is 18.2 Å². The minimum Gasteiger partial charge on any atom is -0.497 e. The highest BCUT2D eigenvalue weighted by Crippen LogP contribution is 2.39. The Kier molecular flexibility index (Phi) is 5.38. The lowest BCUT2D eigenvalue weighted by Crippen LogP contribution is -2.37. The van der Waals surface area contributed by atoms with Crippen LogP contribution in [0.15, 0.2) is 29.3 Å². The second kappa shape index (κ2) is 7.37. The van der Waals surface area contributed by atoms with Crippen LogP contribution in [-0.2, 0) is 21.2 Å². The first-order chi connectivity index (χ1) is 11.9. The molecule has 2 saturated heterocycles. The largest absolute Gasteiger partial charge is 0.497 e. The smallest absolute Gasteiger partial charge is 0.248 e. The lowest BCUT2D eigenvalue weighted by molar-refractivity contribution is -0.117. The van der Waals surface area contributed by atoms with Gasteiger partial charge in [-0.3, -0.25) is 4.79 Å². The van der Waals surface area contributed by atoms with Crippen molar-refractivity contribution in [2.45, 2.75) is 37.6 Å². The Morgan fingerprint density at radius 1 is 1.32 bits per heavy atom. The SMILES string of the molecule is CCCC(=O)N=C1S[C@H]2CS(=O)(=O)C[C@@H]2N1Cc1ccc(OC)cc1. The Bertz CT molecular complexity index is 774. The summed E-state index contributed by atoms with van der Waals surface area (Å²) in [4.78, 5) is 18.2. The molecule has 25 heavy (non-hydrogen) atoms. The molecule has 0 radical (unpaired) electrons. The molecule has 6 nitrogen and oxygen atoms in total. The average Bonchev–Trinajstić information content (AvgIpc) is 3.01. The summed E-state index contributed by atoms with van der Waals surface area (Å²) in [6.45, 7) is 2.47. The summed E-state index contributed by atoms with van der Waals surface area (Å²) in [7, 11) is -1.41. The van der Waals surface area contributed by atoms with Gasteiger partial charge in [-0.05, 0) is 24.1 Å². The van der Waals surface area contributed by atoms with Crippen LogP contribution in [0.3, 0.4) is 0 Å². The molecule has 0 aliphatic carbocycles. The Labute approximate surface area is 152 Å². The molecule has 2 fully saturated rings. The van der Waals surface area contributed by atoms with Gasteiger partial charge in [-0.1, -0.05) is 30.8 Å². The van der Waals surface area contributed by atoms with E-state index in [0.29, 0.717) is 18.1 Å². The number of aliphatic imine (C=N–C) groups is 1. The number of sulfone groups is 1. The van der Waals surface area contributed by atoms with E-state index in [1.165, 1.54) is 11.8 Å². The number of thioether (sulfide) groups is 1. The molecule has 2 aliphatic heterocycles. The minimum atomic E-state index is -3.03. The van der Waals surface area contributed by atoms with Crippen LogP contribution in [0.2, 0.25) is 0 Å². The molecule has 0 bridgehead atoms. The third-order valence-electron chi connectivity index (χ3n) is 4.37. The van der Waals surface area contributed by atoms with Crippen molar-refractivity contribution >= 4 is 32.7 Å². The molecule has 0 aromatic heterocycles. The molecule has 0 unspecified atom stereocenters. The van der Waals surface area contributed by atoms with Crippen LogP contribution in [0.5, 0.6) is 5.75 Å². The number of hydrogen-bond donors (Lipinski definition) is 0. The molecule has 2 heterocycles. The quantitative estimate of drug-likeness (QED) is 0.776. The third-order valence-corrected chi connectivity index (χ3v) is 7.62. The Balaban J connectivity index is 1.84. The van der Waals surface area contributed by atoms with E-state index in [1.54, 1.807) is 7.11 Å². The molecule has 2 aliphatic rings. The molecule has 8 heteroatoms. The summed E-state index contributed by atoms with van der Waals surface area (Å²) in [5.41, 5.74) is 1.03. The van der Waals surface area contributed by atoms with Gasteiger partial charge in [0.05, 0.1) is 24.7 Å². The number of amidine groups is 1. The van der Waals surface area contributed by atoms with E-state index in [9.17, 15) is 13.2 Å². The number of rotatable bonds is 5. The van der Waals surface area contributed by atoms with Gasteiger partial charge in [-0.25, -0.2) is 8.42 Å². The number of carbonyl (C=O) groups is 1. The molecular formula is C17H22N2O4S2. The summed E-state index contributed by atoms with van der Waals surface area (Å²) in [6, 6.07) is 7.53. The second-order valence-electron chi connectivity index (χ2n) is 6.31. The summed E-state index contributed by atoms with van der Waals surface area (Å²) < 4.78 is 29.2. The predicted octanol–water partition coefficient (Wildman–Crippen LogP) is 2.09. The zero-order valence-electron chi connectivity index (χ0n) is 14.3. The van der Waals surface area contributed by atoms with Crippen molar-refractivity contribution in [3.8, 4) is 5.75 Å². The van der Waals surface area contributed by atoms with Gasteiger partial charge in [0.2, 0.25) is 5.91 Å². The van der Waals surface area contributed by atoms with Crippen LogP contribution in [0.25, 0.3) is 0 Å². The lowest BCUT2D eigenvalue weighted by atomic mass is 10.1. The van der Waals surface area contributed by atoms with E-state index < -0.39 is 9.84 Å². The number of nitrogens with zero attached hydrogens (tertiary/aromatic N) is 2. The number of fused-ring (bicyclic) bond motifs is 1. The number of carbonyl (C=O) groups excluding carboxylic acids is 1. The number of amides is 1. The standard InChI is InChI=1S/C17H22N2O4S2/c1-3-4-16(20)18-17-19(9-12-5-7-13(23-2)8-6-12)14-10-25(21,22)11-15(14)24-17/h5-8,14-15H,3-4,9-11H2,1-2H3/t14-,15-/m0/s1. The van der Waals surface area contributed by atoms with Crippen molar-refractivity contribution in [3.63, 3.8) is 0 Å². The van der Waals surface area contributed by atoms with Gasteiger partial charge >= 0.3 is 0 Å². The first-order valence-electron chi connectivity index (χ1n) is 8.30. The average molecular weight is 383 g/mol. The van der Waals surface area contributed by atoms with Crippen molar-refractivity contribution in [1.29, 1.82) is 0 Å². The van der Waals surface area contributed by atoms with Crippen LogP contribution in [-0.4, -0.2) is 54.3 Å². The van der Waals surface area contributed by atoms with Crippen molar-refractivity contribution in [3.05, 3.63) is 29.8 Å². The molecule has 2 atom stereocenters. The maximum atomic E-state index is 12.0. The highest BCUT2D eigenvalue weighted by atomic mass is 32.2. The van der Waals surface area contributed by atoms with Crippen LogP contribution in [0, 0.1) is 0 Å². The van der Waals surface area contributed by atoms with Crippen molar-refractivity contribution in [1.82, 2.24) is 4.90 Å². The van der Waals surface area contributed by atoms with E-state index in [0.717, 1.165) is 17.7 Å². The van der Waals surface area contributed by atoms with Gasteiger partial charge < -0.3 is 9.64 Å². The van der Waals surface area contributed by atoms with Gasteiger partial charge in [0.25, 0.3) is 0 Å². The van der Waals surface area contributed by atoms with Crippen LogP contribution >= 0.6 is 11.8 Å². The zero-order chi connectivity index (χ0) is 18.0. The van der Waals surface area contributed by atoms with E-state index in [1.807, 2.05) is 36.1 Å². The van der Waals surface area contributed by atoms with Crippen LogP contribution in [0.4, 0.5) is 0 Å². The first kappa shape index (κ1) is 18.3. The normalized spacial score (nSPS) is 26.0. The fourth-order valence-electron chi connectivity index (χ4n) is 3.12. The molecule has 0 N–H and O–H groups in total. The Hall–Kier alpha value is -1.54. The van der Waals surface area contributed by atoms with Crippen molar-refractivity contribution < 1.29 is 17.9 Å². The van der Waals surface area contributed by atoms with E-state index in [2.05, 4.69) is 4.99 Å². The zero-order valence-corrected chi connectivity index (χ0v) is 16.0. The molecule has 1 aromatic rings. The highest BCUT2D eigenvalue weighted by molar-refractivity contribution is 8.15. The fraction of sp³-hybridized carbons (Fsp3) is 0.529. The molecular weight excluding hydrogens is 360 g/mol. The summed E-state index contributed by atoms with van der Waals surface area (Å²) in [5.74, 6) is 0.907. The number of ether oxygens (including phenoxy) is 1. The summed E-state index contributed by atoms with van der Waals surface area (Å²) >= 11 is 1.42. The first-order valence-corrected chi connectivity index (χ1v) is 11.0. The molecule has 3 rings (SSSR count). The summed E-state index contributed by atoms with van der Waals surface area (Å²) in [6.07, 6.45) is 1.16. The monoisotopic (exact) mass is 382 g/mol. The highest BCUT2D eigenvalue weighted by Gasteiger charge is 2.48. The van der Waals surface area contributed by atoms with E-state index >= 15 is 0 Å². The number of benzene rings is 1. The number of methoxy groups -OCH3 is 1. The van der Waals surface area contributed by atoms with Crippen molar-refractivity contribution in [2.24, 2.45) is 4.99 Å². The Morgan fingerprint density at radius 3 is 2.68 bits per heavy atom. The van der Waals surface area contributed by atoms with Gasteiger partial charge in [0.1, 0.15) is 5.75 Å². The Morgan fingerprint density at radius 2 is 2.04 bits per heavy atom.